The number of hydrogen-bond donors (Lipinski definition) is 2. The molecule has 0 fully saturated rings. The van der Waals surface area contributed by atoms with E-state index in [1.807, 2.05) is 30.3 Å². The Hall–Kier alpha value is -1.62. The van der Waals surface area contributed by atoms with Gasteiger partial charge in [0.25, 0.3) is 0 Å². The van der Waals surface area contributed by atoms with Gasteiger partial charge in [0.05, 0.1) is 17.9 Å². The molecule has 1 amide bonds. The maximum absolute atomic E-state index is 11.9. The maximum atomic E-state index is 11.9. The van der Waals surface area contributed by atoms with Crippen LogP contribution < -0.4 is 11.1 Å². The van der Waals surface area contributed by atoms with Crippen LogP contribution >= 0.6 is 24.8 Å². The predicted molar refractivity (Wildman–Crippen MR) is 85.5 cm³/mol. The Balaban J connectivity index is 0.00000180. The lowest BCUT2D eigenvalue weighted by molar-refractivity contribution is -0.117. The Morgan fingerprint density at radius 1 is 1.15 bits per heavy atom. The fraction of sp³-hybridized carbons (Fsp3) is 0.143. The molecule has 6 heteroatoms. The summed E-state index contributed by atoms with van der Waals surface area (Å²) in [4.78, 5) is 15.8. The molecule has 3 N–H and O–H groups in total. The molecule has 1 heterocycles. The number of pyridine rings is 1. The molecule has 0 aliphatic carbocycles. The van der Waals surface area contributed by atoms with Crippen LogP contribution in [0.1, 0.15) is 5.56 Å². The van der Waals surface area contributed by atoms with Gasteiger partial charge in [-0.3, -0.25) is 9.78 Å². The standard InChI is InChI=1S/C14H15N3O.2ClH/c15-13(9-11-5-2-1-3-6-11)14(18)17-12-7-4-8-16-10-12;;/h1-8,10,13H,9,15H2,(H,17,18);2*1H. The first-order chi connectivity index (χ1) is 8.75. The van der Waals surface area contributed by atoms with Crippen LogP contribution in [0, 0.1) is 0 Å². The quantitative estimate of drug-likeness (QED) is 0.911. The zero-order valence-electron chi connectivity index (χ0n) is 10.7. The number of carbonyl (C=O) groups is 1. The molecule has 2 aromatic rings. The van der Waals surface area contributed by atoms with E-state index in [-0.39, 0.29) is 30.7 Å². The second-order valence-corrected chi connectivity index (χ2v) is 4.03. The Kier molecular flexibility index (Phi) is 8.56. The molecule has 108 valence electrons. The molecule has 0 aliphatic rings. The first-order valence-corrected chi connectivity index (χ1v) is 5.76. The molecule has 1 unspecified atom stereocenters. The molecule has 0 aliphatic heterocycles. The van der Waals surface area contributed by atoms with E-state index in [9.17, 15) is 4.79 Å². The summed E-state index contributed by atoms with van der Waals surface area (Å²) < 4.78 is 0. The van der Waals surface area contributed by atoms with E-state index in [2.05, 4.69) is 10.3 Å². The average Bonchev–Trinajstić information content (AvgIpc) is 2.41. The van der Waals surface area contributed by atoms with Crippen LogP contribution in [0.4, 0.5) is 5.69 Å². The Labute approximate surface area is 130 Å². The van der Waals surface area contributed by atoms with Gasteiger partial charge in [-0.25, -0.2) is 0 Å². The normalized spacial score (nSPS) is 10.7. The summed E-state index contributed by atoms with van der Waals surface area (Å²) in [7, 11) is 0. The van der Waals surface area contributed by atoms with Crippen molar-refractivity contribution in [2.45, 2.75) is 12.5 Å². The number of anilines is 1. The largest absolute Gasteiger partial charge is 0.323 e. The molecule has 4 nitrogen and oxygen atoms in total. The molecule has 0 radical (unpaired) electrons. The molecule has 0 bridgehead atoms. The highest BCUT2D eigenvalue weighted by atomic mass is 35.5. The van der Waals surface area contributed by atoms with Crippen molar-refractivity contribution in [3.63, 3.8) is 0 Å². The van der Waals surface area contributed by atoms with Gasteiger partial charge in [0.15, 0.2) is 0 Å². The number of nitrogens with zero attached hydrogens (tertiary/aromatic N) is 1. The lowest BCUT2D eigenvalue weighted by Gasteiger charge is -2.12. The summed E-state index contributed by atoms with van der Waals surface area (Å²) in [6.45, 7) is 0. The molecule has 1 aromatic carbocycles. The number of halogens is 2. The first kappa shape index (κ1) is 18.4. The van der Waals surface area contributed by atoms with Gasteiger partial charge in [-0.2, -0.15) is 0 Å². The molecule has 20 heavy (non-hydrogen) atoms. The van der Waals surface area contributed by atoms with Gasteiger partial charge < -0.3 is 11.1 Å². The fourth-order valence-electron chi connectivity index (χ4n) is 1.63. The van der Waals surface area contributed by atoms with Gasteiger partial charge in [-0.15, -0.1) is 24.8 Å². The van der Waals surface area contributed by atoms with Crippen molar-refractivity contribution in [1.29, 1.82) is 0 Å². The van der Waals surface area contributed by atoms with Crippen molar-refractivity contribution in [2.75, 3.05) is 5.32 Å². The third kappa shape index (κ3) is 5.57. The van der Waals surface area contributed by atoms with Crippen molar-refractivity contribution in [1.82, 2.24) is 4.98 Å². The zero-order chi connectivity index (χ0) is 12.8. The minimum atomic E-state index is -0.562. The van der Waals surface area contributed by atoms with E-state index < -0.39 is 6.04 Å². The van der Waals surface area contributed by atoms with E-state index in [1.165, 1.54) is 0 Å². The van der Waals surface area contributed by atoms with E-state index in [4.69, 9.17) is 5.73 Å². The van der Waals surface area contributed by atoms with Crippen LogP contribution in [-0.4, -0.2) is 16.9 Å². The molecule has 2 rings (SSSR count). The highest BCUT2D eigenvalue weighted by Gasteiger charge is 2.13. The minimum Gasteiger partial charge on any atom is -0.323 e. The topological polar surface area (TPSA) is 68.0 Å². The van der Waals surface area contributed by atoms with Gasteiger partial charge in [0.2, 0.25) is 5.91 Å². The summed E-state index contributed by atoms with van der Waals surface area (Å²) in [6, 6.07) is 12.7. The molecule has 0 saturated heterocycles. The third-order valence-corrected chi connectivity index (χ3v) is 2.56. The van der Waals surface area contributed by atoms with E-state index in [1.54, 1.807) is 24.5 Å². The number of benzene rings is 1. The van der Waals surface area contributed by atoms with Crippen molar-refractivity contribution in [3.05, 3.63) is 60.4 Å². The van der Waals surface area contributed by atoms with Crippen LogP contribution in [-0.2, 0) is 11.2 Å². The summed E-state index contributed by atoms with van der Waals surface area (Å²) >= 11 is 0. The number of hydrogen-bond acceptors (Lipinski definition) is 3. The predicted octanol–water partition coefficient (Wildman–Crippen LogP) is 2.43. The number of carbonyl (C=O) groups excluding carboxylic acids is 1. The zero-order valence-corrected chi connectivity index (χ0v) is 12.4. The molecular formula is C14H17Cl2N3O. The third-order valence-electron chi connectivity index (χ3n) is 2.56. The molecule has 1 atom stereocenters. The maximum Gasteiger partial charge on any atom is 0.241 e. The molecular weight excluding hydrogens is 297 g/mol. The summed E-state index contributed by atoms with van der Waals surface area (Å²) in [6.07, 6.45) is 3.76. The number of aromatic nitrogens is 1. The van der Waals surface area contributed by atoms with E-state index in [0.717, 1.165) is 5.56 Å². The Morgan fingerprint density at radius 2 is 1.85 bits per heavy atom. The molecule has 1 aromatic heterocycles. The summed E-state index contributed by atoms with van der Waals surface area (Å²) in [5.74, 6) is -0.202. The highest BCUT2D eigenvalue weighted by Crippen LogP contribution is 2.06. The number of nitrogens with one attached hydrogen (secondary N) is 1. The van der Waals surface area contributed by atoms with E-state index in [0.29, 0.717) is 12.1 Å². The highest BCUT2D eigenvalue weighted by molar-refractivity contribution is 5.94. The van der Waals surface area contributed by atoms with Gasteiger partial charge in [0.1, 0.15) is 0 Å². The first-order valence-electron chi connectivity index (χ1n) is 5.76. The van der Waals surface area contributed by atoms with Crippen molar-refractivity contribution >= 4 is 36.4 Å². The van der Waals surface area contributed by atoms with Gasteiger partial charge in [-0.1, -0.05) is 30.3 Å². The second kappa shape index (κ2) is 9.31. The van der Waals surface area contributed by atoms with Crippen LogP contribution in [0.3, 0.4) is 0 Å². The van der Waals surface area contributed by atoms with Crippen LogP contribution in [0.25, 0.3) is 0 Å². The van der Waals surface area contributed by atoms with Crippen LogP contribution in [0.5, 0.6) is 0 Å². The molecule has 0 saturated carbocycles. The monoisotopic (exact) mass is 313 g/mol. The fourth-order valence-corrected chi connectivity index (χ4v) is 1.63. The summed E-state index contributed by atoms with van der Waals surface area (Å²) in [5.41, 5.74) is 7.57. The van der Waals surface area contributed by atoms with Crippen LogP contribution in [0.2, 0.25) is 0 Å². The van der Waals surface area contributed by atoms with Gasteiger partial charge in [-0.05, 0) is 24.1 Å². The van der Waals surface area contributed by atoms with Crippen LogP contribution in [0.15, 0.2) is 54.9 Å². The molecule has 0 spiro atoms. The van der Waals surface area contributed by atoms with Crippen molar-refractivity contribution in [3.8, 4) is 0 Å². The smallest absolute Gasteiger partial charge is 0.241 e. The summed E-state index contributed by atoms with van der Waals surface area (Å²) in [5, 5.41) is 2.74. The Morgan fingerprint density at radius 3 is 2.45 bits per heavy atom. The lowest BCUT2D eigenvalue weighted by Crippen LogP contribution is -2.37. The number of nitrogens with two attached hydrogens (primary N) is 1. The number of rotatable bonds is 4. The minimum absolute atomic E-state index is 0. The van der Waals surface area contributed by atoms with Gasteiger partial charge in [0, 0.05) is 6.20 Å². The van der Waals surface area contributed by atoms with Crippen molar-refractivity contribution in [2.24, 2.45) is 5.73 Å². The second-order valence-electron chi connectivity index (χ2n) is 4.03. The lowest BCUT2D eigenvalue weighted by atomic mass is 10.1. The Bertz CT molecular complexity index is 508. The van der Waals surface area contributed by atoms with E-state index >= 15 is 0 Å². The average molecular weight is 314 g/mol. The number of amides is 1. The van der Waals surface area contributed by atoms with Gasteiger partial charge >= 0.3 is 0 Å². The van der Waals surface area contributed by atoms with Crippen molar-refractivity contribution < 1.29 is 4.79 Å². The SMILES string of the molecule is Cl.Cl.NC(Cc1ccccc1)C(=O)Nc1cccnc1.